The molecule has 1 aromatic heterocycles. The largest absolute Gasteiger partial charge is 0.391 e. The van der Waals surface area contributed by atoms with Crippen LogP contribution in [0.4, 0.5) is 5.95 Å². The zero-order chi connectivity index (χ0) is 19.1. The maximum Gasteiger partial charge on any atom is 0.254 e. The zero-order valence-corrected chi connectivity index (χ0v) is 15.8. The zero-order valence-electron chi connectivity index (χ0n) is 15.8. The average Bonchev–Trinajstić information content (AvgIpc) is 3.24. The van der Waals surface area contributed by atoms with E-state index in [0.717, 1.165) is 29.9 Å². The number of aliphatic hydroxyl groups excluding tert-OH is 1. The summed E-state index contributed by atoms with van der Waals surface area (Å²) < 4.78 is 1.99. The minimum absolute atomic E-state index is 0.00843. The molecular weight excluding hydrogens is 346 g/mol. The number of aliphatic hydroxyl groups is 1. The Morgan fingerprint density at radius 3 is 2.78 bits per heavy atom. The van der Waals surface area contributed by atoms with Crippen LogP contribution in [0.3, 0.4) is 0 Å². The van der Waals surface area contributed by atoms with E-state index < -0.39 is 0 Å². The molecule has 1 N–H and O–H groups in total. The van der Waals surface area contributed by atoms with E-state index in [2.05, 4.69) is 9.88 Å². The van der Waals surface area contributed by atoms with Crippen molar-refractivity contribution in [2.24, 2.45) is 7.05 Å². The topological polar surface area (TPSA) is 81.9 Å². The van der Waals surface area contributed by atoms with Gasteiger partial charge in [-0.15, -0.1) is 0 Å². The van der Waals surface area contributed by atoms with Crippen LogP contribution in [0.2, 0.25) is 0 Å². The van der Waals surface area contributed by atoms with Crippen LogP contribution in [0, 0.1) is 0 Å². The summed E-state index contributed by atoms with van der Waals surface area (Å²) in [6, 6.07) is 5.49. The Morgan fingerprint density at radius 1 is 1.30 bits per heavy atom. The molecule has 4 rings (SSSR count). The van der Waals surface area contributed by atoms with Gasteiger partial charge in [0.1, 0.15) is 6.54 Å². The second-order valence-corrected chi connectivity index (χ2v) is 7.26. The number of fused-ring (bicyclic) bond motifs is 1. The normalized spacial score (nSPS) is 20.8. The minimum atomic E-state index is -0.318. The maximum atomic E-state index is 12.9. The van der Waals surface area contributed by atoms with Gasteiger partial charge in [-0.3, -0.25) is 9.59 Å². The Hall–Kier alpha value is -2.61. The number of likely N-dealkylation sites (N-methyl/N-ethyl adjacent to an activating group) is 1. The number of aromatic nitrogens is 2. The summed E-state index contributed by atoms with van der Waals surface area (Å²) in [4.78, 5) is 35.1. The summed E-state index contributed by atoms with van der Waals surface area (Å²) in [5.41, 5.74) is 2.24. The predicted molar refractivity (Wildman–Crippen MR) is 102 cm³/mol. The molecule has 0 radical (unpaired) electrons. The Morgan fingerprint density at radius 2 is 2.11 bits per heavy atom. The van der Waals surface area contributed by atoms with Crippen molar-refractivity contribution < 1.29 is 14.7 Å². The van der Waals surface area contributed by atoms with E-state index in [1.54, 1.807) is 21.9 Å². The lowest BCUT2D eigenvalue weighted by Crippen LogP contribution is -2.52. The molecule has 2 aliphatic rings. The third-order valence-electron chi connectivity index (χ3n) is 5.54. The van der Waals surface area contributed by atoms with Crippen molar-refractivity contribution >= 4 is 28.8 Å². The molecule has 0 spiro atoms. The molecule has 27 heavy (non-hydrogen) atoms. The van der Waals surface area contributed by atoms with Crippen molar-refractivity contribution in [1.29, 1.82) is 0 Å². The Labute approximate surface area is 158 Å². The van der Waals surface area contributed by atoms with Gasteiger partial charge in [0.15, 0.2) is 0 Å². The average molecular weight is 371 g/mol. The van der Waals surface area contributed by atoms with Crippen molar-refractivity contribution in [3.8, 4) is 0 Å². The second-order valence-electron chi connectivity index (χ2n) is 7.26. The number of rotatable bonds is 3. The molecule has 0 saturated carbocycles. The number of carbonyl (C=O) groups excluding carboxylic acids is 2. The number of hydrogen-bond donors (Lipinski definition) is 1. The standard InChI is InChI=1S/C19H25N5O3/c1-3-22-8-9-23(12-17(22)26)18(27)13-4-5-16-15(10-13)20-19(21(16)2)24-7-6-14(25)11-24/h4-5,10,14,25H,3,6-9,11-12H2,1-2H3. The lowest BCUT2D eigenvalue weighted by Gasteiger charge is -2.33. The van der Waals surface area contributed by atoms with Crippen LogP contribution in [0.25, 0.3) is 11.0 Å². The van der Waals surface area contributed by atoms with Crippen LogP contribution >= 0.6 is 0 Å². The van der Waals surface area contributed by atoms with Crippen LogP contribution < -0.4 is 4.90 Å². The number of anilines is 1. The molecule has 2 aliphatic heterocycles. The van der Waals surface area contributed by atoms with Gasteiger partial charge in [-0.2, -0.15) is 0 Å². The molecule has 8 nitrogen and oxygen atoms in total. The summed E-state index contributed by atoms with van der Waals surface area (Å²) >= 11 is 0. The molecule has 1 unspecified atom stereocenters. The van der Waals surface area contributed by atoms with E-state index >= 15 is 0 Å². The van der Waals surface area contributed by atoms with E-state index in [9.17, 15) is 14.7 Å². The smallest absolute Gasteiger partial charge is 0.254 e. The van der Waals surface area contributed by atoms with E-state index in [1.165, 1.54) is 0 Å². The number of piperazine rings is 1. The Kier molecular flexibility index (Phi) is 4.51. The van der Waals surface area contributed by atoms with Gasteiger partial charge in [0.2, 0.25) is 11.9 Å². The predicted octanol–water partition coefficient (Wildman–Crippen LogP) is 0.449. The number of nitrogens with zero attached hydrogens (tertiary/aromatic N) is 5. The van der Waals surface area contributed by atoms with Gasteiger partial charge >= 0.3 is 0 Å². The molecule has 1 aromatic carbocycles. The molecule has 1 atom stereocenters. The van der Waals surface area contributed by atoms with Gasteiger partial charge in [0, 0.05) is 45.3 Å². The van der Waals surface area contributed by atoms with Crippen molar-refractivity contribution in [3.05, 3.63) is 23.8 Å². The van der Waals surface area contributed by atoms with Crippen molar-refractivity contribution in [2.45, 2.75) is 19.4 Å². The van der Waals surface area contributed by atoms with Crippen LogP contribution in [0.5, 0.6) is 0 Å². The van der Waals surface area contributed by atoms with E-state index in [1.807, 2.05) is 24.6 Å². The fourth-order valence-electron chi connectivity index (χ4n) is 3.93. The first-order valence-corrected chi connectivity index (χ1v) is 9.44. The number of imidazole rings is 1. The Balaban J connectivity index is 1.58. The highest BCUT2D eigenvalue weighted by molar-refractivity contribution is 5.99. The van der Waals surface area contributed by atoms with Crippen molar-refractivity contribution in [1.82, 2.24) is 19.4 Å². The Bertz CT molecular complexity index is 893. The van der Waals surface area contributed by atoms with E-state index in [0.29, 0.717) is 31.7 Å². The summed E-state index contributed by atoms with van der Waals surface area (Å²) in [6.07, 6.45) is 0.423. The second kappa shape index (κ2) is 6.84. The molecule has 2 amide bonds. The number of carbonyl (C=O) groups is 2. The highest BCUT2D eigenvalue weighted by Gasteiger charge is 2.28. The van der Waals surface area contributed by atoms with Gasteiger partial charge in [-0.25, -0.2) is 4.98 Å². The molecule has 3 heterocycles. The van der Waals surface area contributed by atoms with Gasteiger partial charge in [0.05, 0.1) is 17.1 Å². The minimum Gasteiger partial charge on any atom is -0.391 e. The number of hydrogen-bond acceptors (Lipinski definition) is 5. The lowest BCUT2D eigenvalue weighted by molar-refractivity contribution is -0.134. The molecule has 2 fully saturated rings. The van der Waals surface area contributed by atoms with Crippen molar-refractivity contribution in [2.75, 3.05) is 44.2 Å². The first-order chi connectivity index (χ1) is 13.0. The molecule has 144 valence electrons. The summed E-state index contributed by atoms with van der Waals surface area (Å²) in [5.74, 6) is 0.661. The van der Waals surface area contributed by atoms with Crippen LogP contribution in [0.1, 0.15) is 23.7 Å². The summed E-state index contributed by atoms with van der Waals surface area (Å²) in [6.45, 7) is 5.23. The van der Waals surface area contributed by atoms with E-state index in [-0.39, 0.29) is 24.5 Å². The highest BCUT2D eigenvalue weighted by Crippen LogP contribution is 2.25. The number of β-amino-alcohol motifs (C(OH)–C–C–N with tert-alkyl or cyclic N) is 1. The fraction of sp³-hybridized carbons (Fsp3) is 0.526. The van der Waals surface area contributed by atoms with Crippen LogP contribution in [0.15, 0.2) is 18.2 Å². The molecule has 0 bridgehead atoms. The molecule has 2 aromatic rings. The number of aryl methyl sites for hydroxylation is 1. The van der Waals surface area contributed by atoms with Gasteiger partial charge in [-0.05, 0) is 31.5 Å². The third kappa shape index (κ3) is 3.14. The highest BCUT2D eigenvalue weighted by atomic mass is 16.3. The van der Waals surface area contributed by atoms with Crippen molar-refractivity contribution in [3.63, 3.8) is 0 Å². The molecule has 0 aliphatic carbocycles. The first kappa shape index (κ1) is 17.8. The lowest BCUT2D eigenvalue weighted by atomic mass is 10.1. The molecule has 2 saturated heterocycles. The van der Waals surface area contributed by atoms with E-state index in [4.69, 9.17) is 0 Å². The van der Waals surface area contributed by atoms with Gasteiger partial charge in [0.25, 0.3) is 5.91 Å². The number of amides is 2. The SMILES string of the molecule is CCN1CCN(C(=O)c2ccc3c(c2)nc(N2CCC(O)C2)n3C)CC1=O. The third-order valence-corrected chi connectivity index (χ3v) is 5.54. The van der Waals surface area contributed by atoms with Gasteiger partial charge < -0.3 is 24.4 Å². The number of benzene rings is 1. The quantitative estimate of drug-likeness (QED) is 0.847. The molecular formula is C19H25N5O3. The molecule has 8 heteroatoms. The van der Waals surface area contributed by atoms with Crippen LogP contribution in [-0.4, -0.2) is 81.6 Å². The van der Waals surface area contributed by atoms with Crippen LogP contribution in [-0.2, 0) is 11.8 Å². The summed E-state index contributed by atoms with van der Waals surface area (Å²) in [5, 5.41) is 9.79. The monoisotopic (exact) mass is 371 g/mol. The fourth-order valence-corrected chi connectivity index (χ4v) is 3.93. The summed E-state index contributed by atoms with van der Waals surface area (Å²) in [7, 11) is 1.94. The first-order valence-electron chi connectivity index (χ1n) is 9.44. The van der Waals surface area contributed by atoms with Gasteiger partial charge in [-0.1, -0.05) is 0 Å². The maximum absolute atomic E-state index is 12.9.